The van der Waals surface area contributed by atoms with Crippen molar-refractivity contribution in [3.05, 3.63) is 288 Å². The predicted molar refractivity (Wildman–Crippen MR) is 475 cm³/mol. The SMILES string of the molecule is CC(C)(C)c1cc(-c2cccc(-c3cc(C(C)(C)C)nc(C(C)(C)C)c3)c2N2c3cc(-n4c5ccccc5c5ccccc54)ccc3B3c4ccc(-n5c6ccccc6c6ccccc65)cc4N(c4c(-c5cccc(C(C)(C)C)n5)cccc4-c4cccc(C(C)(C)C)n4)c4cc(C(C)(C)C)cc2c43)cc(C(C)(C)C)c1. The molecule has 0 radical (unpaired) electrons. The fourth-order valence-electron chi connectivity index (χ4n) is 17.1. The topological polar surface area (TPSA) is 55.0 Å². The average Bonchev–Trinajstić information content (AvgIpc) is 0.973. The fourth-order valence-corrected chi connectivity index (χ4v) is 17.1. The van der Waals surface area contributed by atoms with Gasteiger partial charge < -0.3 is 18.9 Å². The van der Waals surface area contributed by atoms with Gasteiger partial charge in [0.05, 0.1) is 44.8 Å². The Bertz CT molecular complexity index is 5940. The standard InChI is InChI=1S/C103H104BN7/c1-97(2,3)65-54-63(55-66(58-65)98(4,5)6)70-38-30-39-71(64-56-92(102(16,17)18)107-93(57-64)103(19,20)21)95(70)110-86-61-68(108-82-44-26-22-34-72(82)73-35-23-27-45-83(73)108)50-52-78(86)104-79-53-51-69(109-84-46-28-24-36-74(84)75-37-25-29-47-85(75)109)62-87(79)111(89-60-67(99(7,8)9)59-88(110)94(89)104)96-76(80-42-32-48-90(105-80)100(10,11)12)40-31-41-77(96)81-43-33-49-91(106-81)101(13,14)15/h22-62H,1-21H3. The quantitative estimate of drug-likeness (QED) is 0.142. The Morgan fingerprint density at radius 3 is 0.937 bits per heavy atom. The van der Waals surface area contributed by atoms with Crippen LogP contribution in [0.15, 0.2) is 249 Å². The molecule has 0 fully saturated rings. The van der Waals surface area contributed by atoms with Gasteiger partial charge in [-0.2, -0.15) is 0 Å². The zero-order valence-corrected chi connectivity index (χ0v) is 68.9. The summed E-state index contributed by atoms with van der Waals surface area (Å²) in [5, 5.41) is 4.86. The number of para-hydroxylation sites is 6. The van der Waals surface area contributed by atoms with Crippen molar-refractivity contribution in [2.75, 3.05) is 9.80 Å². The average molecular weight is 1450 g/mol. The van der Waals surface area contributed by atoms with Gasteiger partial charge in [-0.05, 0) is 158 Å². The molecule has 10 aromatic carbocycles. The van der Waals surface area contributed by atoms with Crippen LogP contribution in [0.4, 0.5) is 34.1 Å². The lowest BCUT2D eigenvalue weighted by molar-refractivity contribution is 0.531. The number of hydrogen-bond acceptors (Lipinski definition) is 5. The molecule has 5 aromatic heterocycles. The summed E-state index contributed by atoms with van der Waals surface area (Å²) >= 11 is 0. The molecule has 7 heterocycles. The van der Waals surface area contributed by atoms with Crippen LogP contribution in [0.25, 0.3) is 99.8 Å². The first kappa shape index (κ1) is 72.8. The molecule has 0 spiro atoms. The number of anilines is 6. The Balaban J connectivity index is 1.09. The Morgan fingerprint density at radius 2 is 0.577 bits per heavy atom. The Hall–Kier alpha value is -11.1. The number of hydrogen-bond donors (Lipinski definition) is 0. The maximum atomic E-state index is 5.76. The number of nitrogens with zero attached hydrogens (tertiary/aromatic N) is 7. The van der Waals surface area contributed by atoms with E-state index in [1.54, 1.807) is 0 Å². The van der Waals surface area contributed by atoms with Gasteiger partial charge in [-0.1, -0.05) is 297 Å². The smallest absolute Gasteiger partial charge is 0.252 e. The van der Waals surface area contributed by atoms with Gasteiger partial charge in [0.25, 0.3) is 6.71 Å². The highest BCUT2D eigenvalue weighted by atomic mass is 15.2. The monoisotopic (exact) mass is 1450 g/mol. The lowest BCUT2D eigenvalue weighted by atomic mass is 9.33. The fraction of sp³-hybridized carbons (Fsp3) is 0.272. The minimum Gasteiger partial charge on any atom is -0.310 e. The van der Waals surface area contributed by atoms with Crippen LogP contribution in [0.1, 0.15) is 185 Å². The molecular weight excluding hydrogens is 1350 g/mol. The van der Waals surface area contributed by atoms with Gasteiger partial charge in [-0.3, -0.25) is 15.0 Å². The molecular formula is C103H104BN7. The second-order valence-corrected chi connectivity index (χ2v) is 38.7. The second-order valence-electron chi connectivity index (χ2n) is 38.7. The Kier molecular flexibility index (Phi) is 16.9. The van der Waals surface area contributed by atoms with E-state index < -0.39 is 0 Å². The Morgan fingerprint density at radius 1 is 0.252 bits per heavy atom. The first-order valence-electron chi connectivity index (χ1n) is 39.9. The zero-order chi connectivity index (χ0) is 78.1. The van der Waals surface area contributed by atoms with E-state index in [4.69, 9.17) is 15.0 Å². The molecule has 7 nitrogen and oxygen atoms in total. The van der Waals surface area contributed by atoms with Gasteiger partial charge >= 0.3 is 0 Å². The van der Waals surface area contributed by atoms with Crippen molar-refractivity contribution in [3.8, 4) is 56.1 Å². The minimum absolute atomic E-state index is 0.176. The summed E-state index contributed by atoms with van der Waals surface area (Å²) in [5.74, 6) is 0. The van der Waals surface area contributed by atoms with E-state index in [1.165, 1.54) is 60.2 Å². The van der Waals surface area contributed by atoms with Gasteiger partial charge in [0.15, 0.2) is 0 Å². The van der Waals surface area contributed by atoms with E-state index in [2.05, 4.69) is 413 Å². The summed E-state index contributed by atoms with van der Waals surface area (Å²) in [6.45, 7) is 48.6. The lowest BCUT2D eigenvalue weighted by Crippen LogP contribution is -2.61. The van der Waals surface area contributed by atoms with Gasteiger partial charge in [0, 0.05) is 122 Å². The van der Waals surface area contributed by atoms with Gasteiger partial charge in [0.2, 0.25) is 0 Å². The largest absolute Gasteiger partial charge is 0.310 e. The van der Waals surface area contributed by atoms with Gasteiger partial charge in [-0.25, -0.2) is 0 Å². The third-order valence-corrected chi connectivity index (χ3v) is 23.3. The molecule has 2 aliphatic rings. The van der Waals surface area contributed by atoms with Crippen LogP contribution >= 0.6 is 0 Å². The predicted octanol–water partition coefficient (Wildman–Crippen LogP) is 25.9. The molecule has 0 amide bonds. The minimum atomic E-state index is -0.387. The van der Waals surface area contributed by atoms with Crippen LogP contribution in [-0.4, -0.2) is 30.8 Å². The van der Waals surface area contributed by atoms with Crippen LogP contribution in [0.5, 0.6) is 0 Å². The molecule has 0 atom stereocenters. The number of pyridine rings is 3. The van der Waals surface area contributed by atoms with E-state index >= 15 is 0 Å². The van der Waals surface area contributed by atoms with Gasteiger partial charge in [-0.15, -0.1) is 0 Å². The molecule has 0 unspecified atom stereocenters. The highest BCUT2D eigenvalue weighted by Gasteiger charge is 2.47. The normalized spacial score (nSPS) is 13.6. The van der Waals surface area contributed by atoms with E-state index in [0.717, 1.165) is 130 Å². The molecule has 2 aliphatic heterocycles. The summed E-state index contributed by atoms with van der Waals surface area (Å²) in [4.78, 5) is 22.6. The third-order valence-electron chi connectivity index (χ3n) is 23.3. The number of benzene rings is 10. The molecule has 8 heteroatoms. The molecule has 0 N–H and O–H groups in total. The summed E-state index contributed by atoms with van der Waals surface area (Å²) < 4.78 is 5.00. The highest BCUT2D eigenvalue weighted by molar-refractivity contribution is 7.00. The van der Waals surface area contributed by atoms with Crippen LogP contribution in [0.2, 0.25) is 0 Å². The summed E-state index contributed by atoms with van der Waals surface area (Å²) in [7, 11) is 0. The van der Waals surface area contributed by atoms with E-state index in [9.17, 15) is 0 Å². The molecule has 15 aromatic rings. The molecule has 0 bridgehead atoms. The van der Waals surface area contributed by atoms with E-state index in [0.29, 0.717) is 0 Å². The van der Waals surface area contributed by atoms with Crippen molar-refractivity contribution in [2.45, 2.75) is 183 Å². The molecule has 0 aliphatic carbocycles. The van der Waals surface area contributed by atoms with Crippen LogP contribution in [0, 0.1) is 0 Å². The highest BCUT2D eigenvalue weighted by Crippen LogP contribution is 2.55. The lowest BCUT2D eigenvalue weighted by Gasteiger charge is -2.46. The number of rotatable bonds is 8. The summed E-state index contributed by atoms with van der Waals surface area (Å²) in [6.07, 6.45) is 0. The van der Waals surface area contributed by atoms with Crippen molar-refractivity contribution in [3.63, 3.8) is 0 Å². The van der Waals surface area contributed by atoms with E-state index in [1.807, 2.05) is 0 Å². The van der Waals surface area contributed by atoms with Crippen molar-refractivity contribution in [1.29, 1.82) is 0 Å². The third kappa shape index (κ3) is 12.5. The Labute approximate surface area is 658 Å². The second kappa shape index (κ2) is 25.7. The molecule has 554 valence electrons. The van der Waals surface area contributed by atoms with Crippen molar-refractivity contribution >= 4 is 101 Å². The number of fused-ring (bicyclic) bond motifs is 10. The zero-order valence-electron chi connectivity index (χ0n) is 68.9. The summed E-state index contributed by atoms with van der Waals surface area (Å²) in [5.41, 5.74) is 31.4. The molecule has 0 saturated carbocycles. The van der Waals surface area contributed by atoms with Crippen LogP contribution in [0.3, 0.4) is 0 Å². The molecule has 17 rings (SSSR count). The maximum absolute atomic E-state index is 5.76. The number of aromatic nitrogens is 5. The molecule has 111 heavy (non-hydrogen) atoms. The first-order valence-corrected chi connectivity index (χ1v) is 39.9. The van der Waals surface area contributed by atoms with Crippen molar-refractivity contribution in [2.24, 2.45) is 0 Å². The first-order chi connectivity index (χ1) is 52.5. The van der Waals surface area contributed by atoms with Gasteiger partial charge in [0.1, 0.15) is 0 Å². The van der Waals surface area contributed by atoms with E-state index in [-0.39, 0.29) is 44.6 Å². The maximum Gasteiger partial charge on any atom is 0.252 e. The van der Waals surface area contributed by atoms with Crippen LogP contribution in [-0.2, 0) is 37.9 Å². The van der Waals surface area contributed by atoms with Crippen LogP contribution < -0.4 is 26.2 Å². The van der Waals surface area contributed by atoms with Crippen molar-refractivity contribution in [1.82, 2.24) is 24.1 Å². The summed E-state index contributed by atoms with van der Waals surface area (Å²) in [6, 6.07) is 95.3. The van der Waals surface area contributed by atoms with Crippen molar-refractivity contribution < 1.29 is 0 Å². The molecule has 0 saturated heterocycles.